The fourth-order valence-electron chi connectivity index (χ4n) is 1.75. The molecule has 0 bridgehead atoms. The quantitative estimate of drug-likeness (QED) is 0.747. The van der Waals surface area contributed by atoms with Crippen LogP contribution < -0.4 is 5.73 Å². The van der Waals surface area contributed by atoms with Crippen molar-refractivity contribution < 1.29 is 9.00 Å². The summed E-state index contributed by atoms with van der Waals surface area (Å²) < 4.78 is 11.4. The predicted octanol–water partition coefficient (Wildman–Crippen LogP) is 0.0964. The largest absolute Gasteiger partial charge is 0.342 e. The van der Waals surface area contributed by atoms with Gasteiger partial charge in [-0.25, -0.2) is 0 Å². The first-order valence-corrected chi connectivity index (χ1v) is 7.05. The molecule has 0 radical (unpaired) electrons. The number of amides is 1. The van der Waals surface area contributed by atoms with Gasteiger partial charge < -0.3 is 10.6 Å². The Morgan fingerprint density at radius 1 is 1.20 bits per heavy atom. The molecule has 15 heavy (non-hydrogen) atoms. The number of hydrogen-bond acceptors (Lipinski definition) is 3. The Kier molecular flexibility index (Phi) is 5.86. The zero-order valence-corrected chi connectivity index (χ0v) is 9.93. The Labute approximate surface area is 93.7 Å². The summed E-state index contributed by atoms with van der Waals surface area (Å²) >= 11 is 0. The van der Waals surface area contributed by atoms with Crippen molar-refractivity contribution in [1.29, 1.82) is 0 Å². The van der Waals surface area contributed by atoms with Gasteiger partial charge in [0.15, 0.2) is 0 Å². The van der Waals surface area contributed by atoms with E-state index in [-0.39, 0.29) is 11.7 Å². The molecule has 1 atom stereocenters. The summed E-state index contributed by atoms with van der Waals surface area (Å²) in [4.78, 5) is 13.6. The van der Waals surface area contributed by atoms with E-state index in [4.69, 9.17) is 5.73 Å². The fourth-order valence-corrected chi connectivity index (χ4v) is 2.62. The van der Waals surface area contributed by atoms with E-state index < -0.39 is 10.8 Å². The molecule has 2 N–H and O–H groups in total. The summed E-state index contributed by atoms with van der Waals surface area (Å²) in [5.74, 6) is 0.611. The number of carbonyl (C=O) groups excluding carboxylic acids is 1. The van der Waals surface area contributed by atoms with Crippen LogP contribution in [0.1, 0.15) is 25.7 Å². The highest BCUT2D eigenvalue weighted by atomic mass is 32.2. The number of nitrogens with zero attached hydrogens (tertiary/aromatic N) is 1. The monoisotopic (exact) mass is 232 g/mol. The van der Waals surface area contributed by atoms with E-state index in [2.05, 4.69) is 0 Å². The van der Waals surface area contributed by atoms with E-state index in [0.717, 1.165) is 25.9 Å². The molecule has 1 heterocycles. The second kappa shape index (κ2) is 6.95. The minimum atomic E-state index is -1.07. The number of hydrogen-bond donors (Lipinski definition) is 1. The average molecular weight is 232 g/mol. The van der Waals surface area contributed by atoms with Crippen molar-refractivity contribution in [3.8, 4) is 0 Å². The highest BCUT2D eigenvalue weighted by molar-refractivity contribution is 7.85. The van der Waals surface area contributed by atoms with Crippen LogP contribution in [0.25, 0.3) is 0 Å². The molecular weight excluding hydrogens is 212 g/mol. The third-order valence-electron chi connectivity index (χ3n) is 2.59. The summed E-state index contributed by atoms with van der Waals surface area (Å²) in [5, 5.41) is 0. The molecule has 1 fully saturated rings. The number of likely N-dealkylation sites (tertiary alicyclic amines) is 1. The third kappa shape index (κ3) is 4.75. The zero-order chi connectivity index (χ0) is 11.1. The predicted molar refractivity (Wildman–Crippen MR) is 62.0 cm³/mol. The van der Waals surface area contributed by atoms with Gasteiger partial charge in [0, 0.05) is 36.2 Å². The van der Waals surface area contributed by atoms with Crippen LogP contribution in [-0.2, 0) is 15.6 Å². The molecule has 0 aliphatic carbocycles. The molecule has 1 unspecified atom stereocenters. The Balaban J connectivity index is 2.34. The molecule has 1 aliphatic rings. The molecule has 1 aliphatic heterocycles. The molecule has 0 saturated carbocycles. The molecule has 88 valence electrons. The Hall–Kier alpha value is -0.420. The van der Waals surface area contributed by atoms with Gasteiger partial charge in [-0.1, -0.05) is 12.8 Å². The lowest BCUT2D eigenvalue weighted by atomic mass is 10.2. The van der Waals surface area contributed by atoms with Crippen molar-refractivity contribution >= 4 is 16.7 Å². The first-order valence-electron chi connectivity index (χ1n) is 5.57. The second-order valence-electron chi connectivity index (χ2n) is 3.87. The van der Waals surface area contributed by atoms with E-state index in [1.54, 1.807) is 0 Å². The van der Waals surface area contributed by atoms with Crippen LogP contribution in [0.5, 0.6) is 0 Å². The van der Waals surface area contributed by atoms with Gasteiger partial charge in [0.1, 0.15) is 5.75 Å². The van der Waals surface area contributed by atoms with Crippen LogP contribution in [0.15, 0.2) is 0 Å². The topological polar surface area (TPSA) is 63.4 Å². The van der Waals surface area contributed by atoms with Gasteiger partial charge in [0.05, 0.1) is 0 Å². The Morgan fingerprint density at radius 2 is 1.80 bits per heavy atom. The molecule has 0 aromatic rings. The lowest BCUT2D eigenvalue weighted by Crippen LogP contribution is -2.36. The van der Waals surface area contributed by atoms with Gasteiger partial charge in [0.2, 0.25) is 5.91 Å². The van der Waals surface area contributed by atoms with Gasteiger partial charge in [0.25, 0.3) is 0 Å². The zero-order valence-electron chi connectivity index (χ0n) is 9.11. The van der Waals surface area contributed by atoms with Crippen molar-refractivity contribution in [2.24, 2.45) is 5.73 Å². The maximum atomic E-state index is 11.7. The smallest absolute Gasteiger partial charge is 0.235 e. The summed E-state index contributed by atoms with van der Waals surface area (Å²) in [6.45, 7) is 2.05. The average Bonchev–Trinajstić information content (AvgIpc) is 2.45. The van der Waals surface area contributed by atoms with Gasteiger partial charge in [-0.05, 0) is 12.8 Å². The van der Waals surface area contributed by atoms with E-state index in [0.29, 0.717) is 12.3 Å². The van der Waals surface area contributed by atoms with E-state index in [1.165, 1.54) is 12.8 Å². The summed E-state index contributed by atoms with van der Waals surface area (Å²) in [6.07, 6.45) is 4.57. The molecule has 0 spiro atoms. The van der Waals surface area contributed by atoms with E-state index in [1.807, 2.05) is 4.90 Å². The normalized spacial score (nSPS) is 19.7. The number of rotatable bonds is 4. The van der Waals surface area contributed by atoms with Crippen molar-refractivity contribution in [1.82, 2.24) is 4.90 Å². The molecule has 1 amide bonds. The fraction of sp³-hybridized carbons (Fsp3) is 0.900. The van der Waals surface area contributed by atoms with Crippen molar-refractivity contribution in [3.05, 3.63) is 0 Å². The maximum absolute atomic E-state index is 11.7. The summed E-state index contributed by atoms with van der Waals surface area (Å²) in [6, 6.07) is 0. The van der Waals surface area contributed by atoms with Crippen LogP contribution >= 0.6 is 0 Å². The highest BCUT2D eigenvalue weighted by Gasteiger charge is 2.17. The lowest BCUT2D eigenvalue weighted by Gasteiger charge is -2.19. The molecule has 0 aromatic carbocycles. The number of nitrogens with two attached hydrogens (primary N) is 1. The first kappa shape index (κ1) is 12.6. The van der Waals surface area contributed by atoms with Gasteiger partial charge in [-0.3, -0.25) is 9.00 Å². The van der Waals surface area contributed by atoms with Crippen LogP contribution in [0.3, 0.4) is 0 Å². The maximum Gasteiger partial charge on any atom is 0.235 e. The minimum absolute atomic E-state index is 0.0312. The third-order valence-corrected chi connectivity index (χ3v) is 3.85. The second-order valence-corrected chi connectivity index (χ2v) is 5.45. The number of carbonyl (C=O) groups is 1. The summed E-state index contributed by atoms with van der Waals surface area (Å²) in [5.41, 5.74) is 5.29. The molecule has 4 nitrogen and oxygen atoms in total. The van der Waals surface area contributed by atoms with Crippen LogP contribution in [0.4, 0.5) is 0 Å². The van der Waals surface area contributed by atoms with Crippen molar-refractivity contribution in [3.63, 3.8) is 0 Å². The molecule has 0 aromatic heterocycles. The molecular formula is C10H20N2O2S. The van der Waals surface area contributed by atoms with Crippen molar-refractivity contribution in [2.75, 3.05) is 31.1 Å². The van der Waals surface area contributed by atoms with E-state index >= 15 is 0 Å². The molecule has 1 rings (SSSR count). The Morgan fingerprint density at radius 3 is 2.33 bits per heavy atom. The van der Waals surface area contributed by atoms with Crippen LogP contribution in [-0.4, -0.2) is 46.2 Å². The van der Waals surface area contributed by atoms with Crippen LogP contribution in [0, 0.1) is 0 Å². The van der Waals surface area contributed by atoms with Crippen LogP contribution in [0.2, 0.25) is 0 Å². The van der Waals surface area contributed by atoms with E-state index in [9.17, 15) is 9.00 Å². The van der Waals surface area contributed by atoms with Gasteiger partial charge in [-0.15, -0.1) is 0 Å². The lowest BCUT2D eigenvalue weighted by molar-refractivity contribution is -0.128. The highest BCUT2D eigenvalue weighted by Crippen LogP contribution is 2.09. The van der Waals surface area contributed by atoms with Gasteiger partial charge >= 0.3 is 0 Å². The molecule has 5 heteroatoms. The van der Waals surface area contributed by atoms with Crippen molar-refractivity contribution in [2.45, 2.75) is 25.7 Å². The van der Waals surface area contributed by atoms with Gasteiger partial charge in [-0.2, -0.15) is 0 Å². The standard InChI is InChI=1S/C10H20N2O2S/c11-5-8-15(14)9-10(13)12-6-3-1-2-4-7-12/h1-9,11H2. The minimum Gasteiger partial charge on any atom is -0.342 e. The Bertz CT molecular complexity index is 225. The SMILES string of the molecule is NCCS(=O)CC(=O)N1CCCCCC1. The first-order chi connectivity index (χ1) is 7.24. The molecule has 1 saturated heterocycles. The summed E-state index contributed by atoms with van der Waals surface area (Å²) in [7, 11) is -1.07.